The molecule has 0 bridgehead atoms. The molecule has 2 aromatic carbocycles. The van der Waals surface area contributed by atoms with E-state index in [1.807, 2.05) is 55.5 Å². The van der Waals surface area contributed by atoms with E-state index in [0.717, 1.165) is 22.0 Å². The summed E-state index contributed by atoms with van der Waals surface area (Å²) in [7, 11) is 1.64. The highest BCUT2D eigenvalue weighted by Gasteiger charge is 2.38. The van der Waals surface area contributed by atoms with Gasteiger partial charge in [-0.15, -0.1) is 0 Å². The van der Waals surface area contributed by atoms with Gasteiger partial charge in [0.25, 0.3) is 0 Å². The number of allylic oxidation sites excluding steroid dienone is 1. The number of nitriles is 1. The minimum Gasteiger partial charge on any atom is -0.497 e. The Kier molecular flexibility index (Phi) is 5.01. The van der Waals surface area contributed by atoms with Crippen molar-refractivity contribution in [3.63, 3.8) is 0 Å². The summed E-state index contributed by atoms with van der Waals surface area (Å²) in [4.78, 5) is 16.8. The number of aryl methyl sites for hydroxylation is 1. The minimum absolute atomic E-state index is 0.0605. The van der Waals surface area contributed by atoms with Crippen LogP contribution in [0.15, 0.2) is 59.1 Å². The zero-order valence-corrected chi connectivity index (χ0v) is 16.7. The van der Waals surface area contributed by atoms with E-state index in [1.54, 1.807) is 23.8 Å². The zero-order chi connectivity index (χ0) is 19.7. The fraction of sp³-hybridized carbons (Fsp3) is 0.273. The molecule has 4 rings (SSSR count). The van der Waals surface area contributed by atoms with Crippen molar-refractivity contribution in [1.29, 1.82) is 5.26 Å². The van der Waals surface area contributed by atoms with Gasteiger partial charge in [0, 0.05) is 18.0 Å². The summed E-state index contributed by atoms with van der Waals surface area (Å²) in [5, 5.41) is 10.7. The van der Waals surface area contributed by atoms with Gasteiger partial charge in [-0.3, -0.25) is 9.69 Å². The summed E-state index contributed by atoms with van der Waals surface area (Å²) >= 11 is 1.55. The third-order valence-corrected chi connectivity index (χ3v) is 6.37. The second-order valence-corrected chi connectivity index (χ2v) is 7.91. The molecule has 0 aromatic heterocycles. The Morgan fingerprint density at radius 1 is 1.14 bits per heavy atom. The van der Waals surface area contributed by atoms with Crippen LogP contribution >= 0.6 is 11.8 Å². The molecule has 5 nitrogen and oxygen atoms in total. The molecule has 0 N–H and O–H groups in total. The van der Waals surface area contributed by atoms with E-state index in [2.05, 4.69) is 11.0 Å². The van der Waals surface area contributed by atoms with Gasteiger partial charge in [-0.1, -0.05) is 41.6 Å². The highest BCUT2D eigenvalue weighted by Crippen LogP contribution is 2.43. The SMILES string of the molecule is COc1ccc(N2CSC3=C(C#N)C(c4ccc(C)cc4)CC(=O)N3C2)cc1. The maximum absolute atomic E-state index is 12.9. The summed E-state index contributed by atoms with van der Waals surface area (Å²) in [6, 6.07) is 18.3. The molecule has 1 amide bonds. The van der Waals surface area contributed by atoms with E-state index in [4.69, 9.17) is 4.74 Å². The van der Waals surface area contributed by atoms with Crippen molar-refractivity contribution < 1.29 is 9.53 Å². The van der Waals surface area contributed by atoms with E-state index in [9.17, 15) is 10.1 Å². The number of thioether (sulfide) groups is 1. The van der Waals surface area contributed by atoms with Gasteiger partial charge < -0.3 is 9.64 Å². The monoisotopic (exact) mass is 391 g/mol. The summed E-state index contributed by atoms with van der Waals surface area (Å²) in [5.41, 5.74) is 3.92. The van der Waals surface area contributed by atoms with E-state index in [-0.39, 0.29) is 11.8 Å². The fourth-order valence-corrected chi connectivity index (χ4v) is 4.77. The molecule has 1 unspecified atom stereocenters. The number of fused-ring (bicyclic) bond motifs is 1. The molecule has 0 radical (unpaired) electrons. The highest BCUT2D eigenvalue weighted by atomic mass is 32.2. The summed E-state index contributed by atoms with van der Waals surface area (Å²) < 4.78 is 5.22. The van der Waals surface area contributed by atoms with Gasteiger partial charge in [0.15, 0.2) is 0 Å². The number of methoxy groups -OCH3 is 1. The van der Waals surface area contributed by atoms with Gasteiger partial charge in [-0.25, -0.2) is 0 Å². The average Bonchev–Trinajstić information content (AvgIpc) is 2.74. The maximum Gasteiger partial charge on any atom is 0.229 e. The Morgan fingerprint density at radius 3 is 2.50 bits per heavy atom. The molecule has 0 spiro atoms. The first-order valence-electron chi connectivity index (χ1n) is 9.13. The van der Waals surface area contributed by atoms with Crippen molar-refractivity contribution in [2.24, 2.45) is 0 Å². The van der Waals surface area contributed by atoms with Gasteiger partial charge >= 0.3 is 0 Å². The predicted molar refractivity (Wildman–Crippen MR) is 111 cm³/mol. The third-order valence-electron chi connectivity index (χ3n) is 5.21. The van der Waals surface area contributed by atoms with E-state index < -0.39 is 0 Å². The van der Waals surface area contributed by atoms with Crippen LogP contribution in [0.1, 0.15) is 23.5 Å². The summed E-state index contributed by atoms with van der Waals surface area (Å²) in [6.07, 6.45) is 0.326. The molecule has 6 heteroatoms. The number of carbonyl (C=O) groups excluding carboxylic acids is 1. The molecule has 1 saturated heterocycles. The van der Waals surface area contributed by atoms with Crippen LogP contribution in [0, 0.1) is 18.3 Å². The highest BCUT2D eigenvalue weighted by molar-refractivity contribution is 8.03. The first-order valence-corrected chi connectivity index (χ1v) is 10.1. The smallest absolute Gasteiger partial charge is 0.229 e. The maximum atomic E-state index is 12.9. The van der Waals surface area contributed by atoms with Crippen molar-refractivity contribution in [2.75, 3.05) is 24.6 Å². The molecule has 28 heavy (non-hydrogen) atoms. The number of carbonyl (C=O) groups is 1. The van der Waals surface area contributed by atoms with Crippen molar-refractivity contribution in [3.05, 3.63) is 70.3 Å². The molecule has 2 aliphatic rings. The van der Waals surface area contributed by atoms with Crippen molar-refractivity contribution in [3.8, 4) is 11.8 Å². The van der Waals surface area contributed by atoms with Gasteiger partial charge in [-0.05, 0) is 36.8 Å². The van der Waals surface area contributed by atoms with Crippen LogP contribution in [0.3, 0.4) is 0 Å². The van der Waals surface area contributed by atoms with Crippen LogP contribution in [0.2, 0.25) is 0 Å². The number of hydrogen-bond donors (Lipinski definition) is 0. The van der Waals surface area contributed by atoms with Crippen molar-refractivity contribution >= 4 is 23.4 Å². The predicted octanol–water partition coefficient (Wildman–Crippen LogP) is 4.22. The van der Waals surface area contributed by atoms with E-state index in [0.29, 0.717) is 24.5 Å². The minimum atomic E-state index is -0.163. The normalized spacial score (nSPS) is 19.3. The molecular weight excluding hydrogens is 370 g/mol. The number of ether oxygens (including phenoxy) is 1. The van der Waals surface area contributed by atoms with Crippen LogP contribution in [-0.2, 0) is 4.79 Å². The van der Waals surface area contributed by atoms with Crippen LogP contribution in [0.5, 0.6) is 5.75 Å². The van der Waals surface area contributed by atoms with Gasteiger partial charge in [0.2, 0.25) is 5.91 Å². The second kappa shape index (κ2) is 7.61. The number of benzene rings is 2. The van der Waals surface area contributed by atoms with Gasteiger partial charge in [0.1, 0.15) is 5.75 Å². The van der Waals surface area contributed by atoms with E-state index in [1.165, 1.54) is 5.56 Å². The Labute approximate surface area is 169 Å². The summed E-state index contributed by atoms with van der Waals surface area (Å²) in [5.74, 6) is 1.39. The van der Waals surface area contributed by atoms with Gasteiger partial charge in [-0.2, -0.15) is 5.26 Å². The van der Waals surface area contributed by atoms with Crippen LogP contribution in [-0.4, -0.2) is 30.5 Å². The van der Waals surface area contributed by atoms with Crippen molar-refractivity contribution in [2.45, 2.75) is 19.3 Å². The Morgan fingerprint density at radius 2 is 1.86 bits per heavy atom. The number of hydrogen-bond acceptors (Lipinski definition) is 5. The average molecular weight is 391 g/mol. The molecule has 0 aliphatic carbocycles. The lowest BCUT2D eigenvalue weighted by Gasteiger charge is -2.42. The lowest BCUT2D eigenvalue weighted by atomic mass is 9.86. The first-order chi connectivity index (χ1) is 13.6. The molecule has 0 saturated carbocycles. The number of nitrogens with zero attached hydrogens (tertiary/aromatic N) is 3. The van der Waals surface area contributed by atoms with Gasteiger partial charge in [0.05, 0.1) is 36.3 Å². The van der Waals surface area contributed by atoms with Crippen LogP contribution in [0.4, 0.5) is 5.69 Å². The second-order valence-electron chi connectivity index (χ2n) is 6.97. The number of rotatable bonds is 3. The standard InChI is InChI=1S/C22H21N3O2S/c1-15-3-5-16(6-4-15)19-11-21(26)25-13-24(14-28-22(25)20(19)12-23)17-7-9-18(27-2)10-8-17/h3-10,19H,11,13-14H2,1-2H3. The Hall–Kier alpha value is -2.91. The topological polar surface area (TPSA) is 56.6 Å². The zero-order valence-electron chi connectivity index (χ0n) is 15.9. The summed E-state index contributed by atoms with van der Waals surface area (Å²) in [6.45, 7) is 2.49. The fourth-order valence-electron chi connectivity index (χ4n) is 3.60. The molecule has 1 fully saturated rings. The molecule has 2 aliphatic heterocycles. The largest absolute Gasteiger partial charge is 0.497 e. The third kappa shape index (κ3) is 3.34. The molecule has 1 atom stereocenters. The molecule has 2 aromatic rings. The Balaban J connectivity index is 1.62. The number of anilines is 1. The van der Waals surface area contributed by atoms with E-state index >= 15 is 0 Å². The number of amides is 1. The molecular formula is C22H21N3O2S. The molecule has 142 valence electrons. The first kappa shape index (κ1) is 18.5. The van der Waals surface area contributed by atoms with Crippen molar-refractivity contribution in [1.82, 2.24) is 4.90 Å². The van der Waals surface area contributed by atoms with Crippen LogP contribution < -0.4 is 9.64 Å². The van der Waals surface area contributed by atoms with Crippen LogP contribution in [0.25, 0.3) is 0 Å². The quantitative estimate of drug-likeness (QED) is 0.784. The molecule has 2 heterocycles. The lowest BCUT2D eigenvalue weighted by molar-refractivity contribution is -0.129. The lowest BCUT2D eigenvalue weighted by Crippen LogP contribution is -2.47. The Bertz CT molecular complexity index is 961.